The minimum absolute atomic E-state index is 0.168. The lowest BCUT2D eigenvalue weighted by Gasteiger charge is -2.09. The molecular weight excluding hydrogens is 380 g/mol. The van der Waals surface area contributed by atoms with Crippen molar-refractivity contribution >= 4 is 37.6 Å². The maximum Gasteiger partial charge on any atom is 0.263 e. The number of nitrogens with one attached hydrogen (secondary N) is 2. The lowest BCUT2D eigenvalue weighted by molar-refractivity contribution is 0.600. The maximum absolute atomic E-state index is 12.2. The van der Waals surface area contributed by atoms with Crippen LogP contribution in [-0.4, -0.2) is 25.2 Å². The molecule has 0 fully saturated rings. The van der Waals surface area contributed by atoms with Gasteiger partial charge in [0, 0.05) is 11.0 Å². The molecule has 0 atom stereocenters. The van der Waals surface area contributed by atoms with Gasteiger partial charge in [0.15, 0.2) is 5.82 Å². The summed E-state index contributed by atoms with van der Waals surface area (Å²) in [5, 5.41) is 11.0. The molecule has 1 aromatic carbocycles. The lowest BCUT2D eigenvalue weighted by Crippen LogP contribution is -2.14. The zero-order valence-electron chi connectivity index (χ0n) is 13.0. The van der Waals surface area contributed by atoms with E-state index in [-0.39, 0.29) is 10.7 Å². The van der Waals surface area contributed by atoms with Crippen LogP contribution in [0, 0.1) is 5.92 Å². The summed E-state index contributed by atoms with van der Waals surface area (Å²) in [6.07, 6.45) is 1.03. The van der Waals surface area contributed by atoms with Crippen LogP contribution in [0.5, 0.6) is 0 Å². The largest absolute Gasteiger partial charge is 0.369 e. The molecule has 23 heavy (non-hydrogen) atoms. The Morgan fingerprint density at radius 1 is 1.04 bits per heavy atom. The van der Waals surface area contributed by atoms with Crippen LogP contribution in [0.3, 0.4) is 0 Å². The molecule has 0 radical (unpaired) electrons. The van der Waals surface area contributed by atoms with Gasteiger partial charge in [0.25, 0.3) is 10.0 Å². The van der Waals surface area contributed by atoms with Crippen LogP contribution in [0.4, 0.5) is 11.6 Å². The van der Waals surface area contributed by atoms with Gasteiger partial charge in [-0.3, -0.25) is 4.72 Å². The van der Waals surface area contributed by atoms with Gasteiger partial charge in [-0.25, -0.2) is 8.42 Å². The van der Waals surface area contributed by atoms with E-state index in [4.69, 9.17) is 0 Å². The monoisotopic (exact) mass is 398 g/mol. The highest BCUT2D eigenvalue weighted by Crippen LogP contribution is 2.17. The van der Waals surface area contributed by atoms with E-state index < -0.39 is 10.0 Å². The molecule has 2 N–H and O–H groups in total. The Balaban J connectivity index is 2.01. The van der Waals surface area contributed by atoms with Crippen molar-refractivity contribution in [3.05, 3.63) is 40.9 Å². The number of hydrogen-bond donors (Lipinski definition) is 2. The fraction of sp³-hybridized carbons (Fsp3) is 0.333. The molecule has 1 aromatic heterocycles. The summed E-state index contributed by atoms with van der Waals surface area (Å²) in [6.45, 7) is 5.09. The summed E-state index contributed by atoms with van der Waals surface area (Å²) < 4.78 is 27.7. The summed E-state index contributed by atoms with van der Waals surface area (Å²) in [6, 6.07) is 9.65. The Labute approximate surface area is 144 Å². The number of nitrogens with zero attached hydrogens (tertiary/aromatic N) is 2. The zero-order chi connectivity index (χ0) is 16.9. The van der Waals surface area contributed by atoms with Gasteiger partial charge >= 0.3 is 0 Å². The van der Waals surface area contributed by atoms with E-state index >= 15 is 0 Å². The second kappa shape index (κ2) is 7.74. The van der Waals surface area contributed by atoms with Gasteiger partial charge in [-0.15, -0.1) is 10.2 Å². The molecule has 6 nitrogen and oxygen atoms in total. The van der Waals surface area contributed by atoms with Gasteiger partial charge in [-0.05, 0) is 48.7 Å². The van der Waals surface area contributed by atoms with Crippen LogP contribution in [0.15, 0.2) is 45.8 Å². The highest BCUT2D eigenvalue weighted by molar-refractivity contribution is 9.10. The summed E-state index contributed by atoms with van der Waals surface area (Å²) in [7, 11) is -3.66. The number of rotatable bonds is 7. The average Bonchev–Trinajstić information content (AvgIpc) is 2.49. The highest BCUT2D eigenvalue weighted by atomic mass is 79.9. The van der Waals surface area contributed by atoms with Crippen molar-refractivity contribution in [3.63, 3.8) is 0 Å². The first kappa shape index (κ1) is 17.7. The molecule has 0 aliphatic rings. The first-order valence-corrected chi connectivity index (χ1v) is 9.50. The molecular formula is C15H19BrN4O2S. The first-order valence-electron chi connectivity index (χ1n) is 7.23. The maximum atomic E-state index is 12.2. The molecule has 124 valence electrons. The molecule has 0 aliphatic heterocycles. The van der Waals surface area contributed by atoms with Gasteiger partial charge in [0.05, 0.1) is 4.90 Å². The molecule has 0 spiro atoms. The SMILES string of the molecule is CC(C)CCNc1ccc(NS(=O)(=O)c2ccc(Br)cc2)nn1. The van der Waals surface area contributed by atoms with Crippen LogP contribution in [0.2, 0.25) is 0 Å². The molecule has 1 heterocycles. The summed E-state index contributed by atoms with van der Waals surface area (Å²) in [5.74, 6) is 1.41. The van der Waals surface area contributed by atoms with Crippen molar-refractivity contribution in [1.29, 1.82) is 0 Å². The fourth-order valence-corrected chi connectivity index (χ4v) is 3.04. The third-order valence-electron chi connectivity index (χ3n) is 3.06. The number of anilines is 2. The Morgan fingerprint density at radius 2 is 1.65 bits per heavy atom. The van der Waals surface area contributed by atoms with Gasteiger partial charge in [0.1, 0.15) is 5.82 Å². The third kappa shape index (κ3) is 5.47. The Morgan fingerprint density at radius 3 is 2.22 bits per heavy atom. The molecule has 0 aliphatic carbocycles. The first-order chi connectivity index (χ1) is 10.9. The van der Waals surface area contributed by atoms with Crippen molar-refractivity contribution in [3.8, 4) is 0 Å². The van der Waals surface area contributed by atoms with Gasteiger partial charge in [-0.2, -0.15) is 0 Å². The van der Waals surface area contributed by atoms with Crippen molar-refractivity contribution in [1.82, 2.24) is 10.2 Å². The molecule has 0 bridgehead atoms. The fourth-order valence-electron chi connectivity index (χ4n) is 1.78. The molecule has 2 aromatic rings. The van der Waals surface area contributed by atoms with Crippen LogP contribution in [0.25, 0.3) is 0 Å². The normalized spacial score (nSPS) is 11.5. The van der Waals surface area contributed by atoms with Crippen molar-refractivity contribution in [2.75, 3.05) is 16.6 Å². The number of aromatic nitrogens is 2. The quantitative estimate of drug-likeness (QED) is 0.745. The highest BCUT2D eigenvalue weighted by Gasteiger charge is 2.14. The predicted molar refractivity (Wildman–Crippen MR) is 94.9 cm³/mol. The second-order valence-corrected chi connectivity index (χ2v) is 8.07. The summed E-state index contributed by atoms with van der Waals surface area (Å²) >= 11 is 3.27. The van der Waals surface area contributed by atoms with Crippen LogP contribution in [0.1, 0.15) is 20.3 Å². The minimum atomic E-state index is -3.66. The number of hydrogen-bond acceptors (Lipinski definition) is 5. The molecule has 0 unspecified atom stereocenters. The van der Waals surface area contributed by atoms with Crippen LogP contribution < -0.4 is 10.0 Å². The van der Waals surface area contributed by atoms with Crippen LogP contribution >= 0.6 is 15.9 Å². The van der Waals surface area contributed by atoms with E-state index in [1.165, 1.54) is 12.1 Å². The Bertz CT molecular complexity index is 731. The lowest BCUT2D eigenvalue weighted by atomic mass is 10.1. The van der Waals surface area contributed by atoms with E-state index in [0.717, 1.165) is 17.4 Å². The Hall–Kier alpha value is -1.67. The summed E-state index contributed by atoms with van der Waals surface area (Å²) in [5.41, 5.74) is 0. The average molecular weight is 399 g/mol. The molecule has 2 rings (SSSR count). The third-order valence-corrected chi connectivity index (χ3v) is 4.95. The van der Waals surface area contributed by atoms with E-state index in [1.54, 1.807) is 24.3 Å². The molecule has 8 heteroatoms. The molecule has 0 saturated carbocycles. The van der Waals surface area contributed by atoms with E-state index in [0.29, 0.717) is 11.7 Å². The van der Waals surface area contributed by atoms with E-state index in [2.05, 4.69) is 50.0 Å². The summed E-state index contributed by atoms with van der Waals surface area (Å²) in [4.78, 5) is 0.168. The van der Waals surface area contributed by atoms with Gasteiger partial charge in [-0.1, -0.05) is 29.8 Å². The second-order valence-electron chi connectivity index (χ2n) is 5.47. The Kier molecular flexibility index (Phi) is 5.95. The molecule has 0 amide bonds. The number of benzene rings is 1. The number of sulfonamides is 1. The zero-order valence-corrected chi connectivity index (χ0v) is 15.4. The van der Waals surface area contributed by atoms with Crippen LogP contribution in [-0.2, 0) is 10.0 Å². The van der Waals surface area contributed by atoms with Gasteiger partial charge in [0.2, 0.25) is 0 Å². The van der Waals surface area contributed by atoms with E-state index in [1.807, 2.05) is 0 Å². The predicted octanol–water partition coefficient (Wildman–Crippen LogP) is 3.50. The standard InChI is InChI=1S/C15H19BrN4O2S/c1-11(2)9-10-17-14-7-8-15(19-18-14)20-23(21,22)13-5-3-12(16)4-6-13/h3-8,11H,9-10H2,1-2H3,(H,17,18)(H,19,20). The number of halogens is 1. The van der Waals surface area contributed by atoms with Crippen molar-refractivity contribution in [2.24, 2.45) is 5.92 Å². The minimum Gasteiger partial charge on any atom is -0.369 e. The van der Waals surface area contributed by atoms with Crippen molar-refractivity contribution < 1.29 is 8.42 Å². The topological polar surface area (TPSA) is 84.0 Å². The van der Waals surface area contributed by atoms with E-state index in [9.17, 15) is 8.42 Å². The molecule has 0 saturated heterocycles. The smallest absolute Gasteiger partial charge is 0.263 e. The van der Waals surface area contributed by atoms with Crippen molar-refractivity contribution in [2.45, 2.75) is 25.2 Å². The van der Waals surface area contributed by atoms with Gasteiger partial charge < -0.3 is 5.32 Å².